The minimum absolute atomic E-state index is 0.0731. The summed E-state index contributed by atoms with van der Waals surface area (Å²) in [5.41, 5.74) is 0.560. The van der Waals surface area contributed by atoms with E-state index in [4.69, 9.17) is 0 Å². The summed E-state index contributed by atoms with van der Waals surface area (Å²) in [6.45, 7) is 10.9. The maximum Gasteiger partial charge on any atom is 0.0849 e. The molecule has 11 atom stereocenters. The molecule has 2 spiro atoms. The molecule has 5 fully saturated rings. The molecule has 5 aliphatic carbocycles. The third-order valence-electron chi connectivity index (χ3n) is 12.5. The van der Waals surface area contributed by atoms with Crippen molar-refractivity contribution < 1.29 is 15.3 Å². The standard InChI is InChI=1S/C28H48O3/c1-17(6-11-24(30)25(3,4)31)20-12-13-26(5)23-10-7-19-18(2)22(29)9-8-21(19)27(23)14-15-28(20,26)16-27/h17-24,29-31H,6-16H2,1-5H3/t17-,18+,19+,20-,21+,22+,23+,24+,26+,27-,28+/m1/s1. The lowest BCUT2D eigenvalue weighted by atomic mass is 9.46. The van der Waals surface area contributed by atoms with E-state index in [1.165, 1.54) is 51.4 Å². The lowest BCUT2D eigenvalue weighted by Crippen LogP contribution is -2.52. The van der Waals surface area contributed by atoms with Gasteiger partial charge in [0, 0.05) is 0 Å². The van der Waals surface area contributed by atoms with Gasteiger partial charge < -0.3 is 15.3 Å². The summed E-state index contributed by atoms with van der Waals surface area (Å²) in [4.78, 5) is 0. The van der Waals surface area contributed by atoms with E-state index in [9.17, 15) is 15.3 Å². The smallest absolute Gasteiger partial charge is 0.0849 e. The van der Waals surface area contributed by atoms with Gasteiger partial charge in [0.2, 0.25) is 0 Å². The van der Waals surface area contributed by atoms with E-state index in [1.54, 1.807) is 13.8 Å². The molecule has 3 N–H and O–H groups in total. The lowest BCUT2D eigenvalue weighted by molar-refractivity contribution is -0.116. The highest BCUT2D eigenvalue weighted by Crippen LogP contribution is 2.85. The van der Waals surface area contributed by atoms with E-state index >= 15 is 0 Å². The van der Waals surface area contributed by atoms with E-state index in [1.807, 2.05) is 0 Å². The average Bonchev–Trinajstić information content (AvgIpc) is 3.29. The minimum Gasteiger partial charge on any atom is -0.393 e. The minimum atomic E-state index is -1.00. The molecule has 0 saturated heterocycles. The van der Waals surface area contributed by atoms with Gasteiger partial charge in [0.1, 0.15) is 0 Å². The molecule has 0 aromatic rings. The number of fused-ring (bicyclic) bond motifs is 2. The van der Waals surface area contributed by atoms with Crippen molar-refractivity contribution >= 4 is 0 Å². The fourth-order valence-corrected chi connectivity index (χ4v) is 10.9. The van der Waals surface area contributed by atoms with Crippen LogP contribution in [0, 0.1) is 51.8 Å². The van der Waals surface area contributed by atoms with E-state index in [-0.39, 0.29) is 6.10 Å². The summed E-state index contributed by atoms with van der Waals surface area (Å²) >= 11 is 0. The van der Waals surface area contributed by atoms with Gasteiger partial charge in [-0.05, 0) is 136 Å². The number of hydrogen-bond donors (Lipinski definition) is 3. The molecule has 5 rings (SSSR count). The van der Waals surface area contributed by atoms with Gasteiger partial charge in [-0.25, -0.2) is 0 Å². The summed E-state index contributed by atoms with van der Waals surface area (Å²) in [6, 6.07) is 0. The van der Waals surface area contributed by atoms with Crippen LogP contribution in [0.4, 0.5) is 0 Å². The van der Waals surface area contributed by atoms with Gasteiger partial charge >= 0.3 is 0 Å². The number of rotatable bonds is 5. The zero-order chi connectivity index (χ0) is 22.4. The quantitative estimate of drug-likeness (QED) is 0.533. The zero-order valence-corrected chi connectivity index (χ0v) is 20.7. The van der Waals surface area contributed by atoms with Crippen molar-refractivity contribution in [1.82, 2.24) is 0 Å². The van der Waals surface area contributed by atoms with Crippen molar-refractivity contribution in [1.29, 1.82) is 0 Å². The maximum absolute atomic E-state index is 10.6. The van der Waals surface area contributed by atoms with Crippen LogP contribution in [0.1, 0.15) is 105 Å². The van der Waals surface area contributed by atoms with Crippen molar-refractivity contribution in [2.75, 3.05) is 0 Å². The van der Waals surface area contributed by atoms with Crippen molar-refractivity contribution in [3.8, 4) is 0 Å². The summed E-state index contributed by atoms with van der Waals surface area (Å²) in [5.74, 6) is 4.38. The third kappa shape index (κ3) is 2.94. The molecule has 0 radical (unpaired) electrons. The largest absolute Gasteiger partial charge is 0.393 e. The van der Waals surface area contributed by atoms with Crippen molar-refractivity contribution in [2.24, 2.45) is 51.8 Å². The highest BCUT2D eigenvalue weighted by Gasteiger charge is 2.77. The molecular weight excluding hydrogens is 384 g/mol. The lowest BCUT2D eigenvalue weighted by Gasteiger charge is -2.58. The molecule has 3 nitrogen and oxygen atoms in total. The Hall–Kier alpha value is -0.120. The van der Waals surface area contributed by atoms with Crippen LogP contribution in [0.3, 0.4) is 0 Å². The topological polar surface area (TPSA) is 60.7 Å². The molecular formula is C28H48O3. The Labute approximate surface area is 190 Å². The van der Waals surface area contributed by atoms with Gasteiger partial charge in [-0.3, -0.25) is 0 Å². The Balaban J connectivity index is 1.39. The third-order valence-corrected chi connectivity index (χ3v) is 12.5. The second kappa shape index (κ2) is 7.19. The van der Waals surface area contributed by atoms with Crippen LogP contribution in [0.2, 0.25) is 0 Å². The summed E-state index contributed by atoms with van der Waals surface area (Å²) in [6.07, 6.45) is 13.1. The first-order valence-corrected chi connectivity index (χ1v) is 13.5. The number of hydrogen-bond acceptors (Lipinski definition) is 3. The summed E-state index contributed by atoms with van der Waals surface area (Å²) in [5, 5.41) is 31.2. The molecule has 2 bridgehead atoms. The van der Waals surface area contributed by atoms with Gasteiger partial charge in [-0.2, -0.15) is 0 Å². The molecule has 0 unspecified atom stereocenters. The van der Waals surface area contributed by atoms with Crippen LogP contribution in [0.15, 0.2) is 0 Å². The molecule has 0 aromatic heterocycles. The van der Waals surface area contributed by atoms with E-state index in [0.717, 1.165) is 36.5 Å². The van der Waals surface area contributed by atoms with Gasteiger partial charge in [-0.15, -0.1) is 0 Å². The van der Waals surface area contributed by atoms with Crippen LogP contribution in [-0.2, 0) is 0 Å². The molecule has 0 aliphatic heterocycles. The highest BCUT2D eigenvalue weighted by atomic mass is 16.3. The van der Waals surface area contributed by atoms with E-state index in [0.29, 0.717) is 34.5 Å². The Kier molecular flexibility index (Phi) is 5.25. The van der Waals surface area contributed by atoms with Crippen LogP contribution in [0.5, 0.6) is 0 Å². The van der Waals surface area contributed by atoms with Crippen molar-refractivity contribution in [3.63, 3.8) is 0 Å². The van der Waals surface area contributed by atoms with Gasteiger partial charge in [0.15, 0.2) is 0 Å². The summed E-state index contributed by atoms with van der Waals surface area (Å²) < 4.78 is 0. The SMILES string of the molecule is C[C@H]1[C@@H]2CC[C@@H]3[C@@]4(CC[C@]5(C4)[C@@H]([C@H](C)CC[C@H](O)C(C)(C)O)CC[C@@]35C)[C@H]2CC[C@@H]1O. The van der Waals surface area contributed by atoms with Crippen molar-refractivity contribution in [2.45, 2.75) is 123 Å². The maximum atomic E-state index is 10.6. The normalized spacial score (nSPS) is 53.0. The Morgan fingerprint density at radius 3 is 2.45 bits per heavy atom. The first-order chi connectivity index (χ1) is 14.5. The van der Waals surface area contributed by atoms with Gasteiger partial charge in [0.05, 0.1) is 17.8 Å². The predicted molar refractivity (Wildman–Crippen MR) is 124 cm³/mol. The molecule has 5 saturated carbocycles. The fraction of sp³-hybridized carbons (Fsp3) is 1.00. The Morgan fingerprint density at radius 2 is 1.74 bits per heavy atom. The van der Waals surface area contributed by atoms with Crippen LogP contribution in [0.25, 0.3) is 0 Å². The Bertz CT molecular complexity index is 699. The molecule has 3 heteroatoms. The first-order valence-electron chi connectivity index (χ1n) is 13.5. The molecule has 0 heterocycles. The van der Waals surface area contributed by atoms with Gasteiger partial charge in [-0.1, -0.05) is 20.8 Å². The van der Waals surface area contributed by atoms with Crippen LogP contribution in [-0.4, -0.2) is 33.1 Å². The monoisotopic (exact) mass is 432 g/mol. The highest BCUT2D eigenvalue weighted by molar-refractivity contribution is 5.26. The van der Waals surface area contributed by atoms with Crippen LogP contribution < -0.4 is 0 Å². The second-order valence-corrected chi connectivity index (χ2v) is 13.8. The van der Waals surface area contributed by atoms with Gasteiger partial charge in [0.25, 0.3) is 0 Å². The predicted octanol–water partition coefficient (Wildman–Crippen LogP) is 5.55. The molecule has 178 valence electrons. The molecule has 0 aromatic carbocycles. The number of aliphatic hydroxyl groups excluding tert-OH is 2. The first kappa shape index (κ1) is 22.7. The molecule has 31 heavy (non-hydrogen) atoms. The Morgan fingerprint density at radius 1 is 1.00 bits per heavy atom. The molecule has 0 amide bonds. The zero-order valence-electron chi connectivity index (χ0n) is 20.7. The van der Waals surface area contributed by atoms with Crippen molar-refractivity contribution in [3.05, 3.63) is 0 Å². The summed E-state index contributed by atoms with van der Waals surface area (Å²) in [7, 11) is 0. The number of aliphatic hydroxyl groups is 3. The van der Waals surface area contributed by atoms with Crippen LogP contribution >= 0.6 is 0 Å². The van der Waals surface area contributed by atoms with E-state index < -0.39 is 11.7 Å². The second-order valence-electron chi connectivity index (χ2n) is 13.8. The molecule has 5 aliphatic rings. The van der Waals surface area contributed by atoms with E-state index in [2.05, 4.69) is 20.8 Å². The fourth-order valence-electron chi connectivity index (χ4n) is 10.9. The average molecular weight is 433 g/mol.